The van der Waals surface area contributed by atoms with Gasteiger partial charge in [0.2, 0.25) is 5.88 Å². The molecule has 16 heavy (non-hydrogen) atoms. The van der Waals surface area contributed by atoms with Crippen molar-refractivity contribution in [1.29, 1.82) is 0 Å². The summed E-state index contributed by atoms with van der Waals surface area (Å²) in [6.07, 6.45) is 0.919. The van der Waals surface area contributed by atoms with Crippen LogP contribution in [0.15, 0.2) is 29.6 Å². The fourth-order valence-corrected chi connectivity index (χ4v) is 2.03. The normalized spacial score (nSPS) is 10.3. The quantitative estimate of drug-likeness (QED) is 0.884. The summed E-state index contributed by atoms with van der Waals surface area (Å²) < 4.78 is 5.56. The molecule has 2 heterocycles. The highest BCUT2D eigenvalue weighted by atomic mass is 32.1. The van der Waals surface area contributed by atoms with Crippen LogP contribution in [0.3, 0.4) is 0 Å². The summed E-state index contributed by atoms with van der Waals surface area (Å²) in [4.78, 5) is 5.57. The lowest BCUT2D eigenvalue weighted by Crippen LogP contribution is -2.03. The average Bonchev–Trinajstić information content (AvgIpc) is 2.76. The van der Waals surface area contributed by atoms with Crippen LogP contribution in [0.4, 0.5) is 5.69 Å². The Labute approximate surface area is 98.9 Å². The van der Waals surface area contributed by atoms with E-state index in [-0.39, 0.29) is 0 Å². The Morgan fingerprint density at radius 2 is 2.25 bits per heavy atom. The number of nitrogens with zero attached hydrogens (tertiary/aromatic N) is 1. The number of hydrogen-bond acceptors (Lipinski definition) is 4. The van der Waals surface area contributed by atoms with E-state index in [9.17, 15) is 0 Å². The zero-order valence-corrected chi connectivity index (χ0v) is 9.96. The van der Waals surface area contributed by atoms with Crippen molar-refractivity contribution < 1.29 is 4.74 Å². The molecule has 0 unspecified atom stereocenters. The van der Waals surface area contributed by atoms with Gasteiger partial charge in [-0.25, -0.2) is 4.98 Å². The molecule has 3 nitrogen and oxygen atoms in total. The first kappa shape index (κ1) is 11.0. The number of nitrogens with two attached hydrogens (primary N) is 1. The van der Waals surface area contributed by atoms with Gasteiger partial charge in [-0.15, -0.1) is 11.3 Å². The number of aromatic nitrogens is 1. The Hall–Kier alpha value is -1.55. The van der Waals surface area contributed by atoms with E-state index in [1.165, 1.54) is 4.88 Å². The number of hydrogen-bond donors (Lipinski definition) is 1. The second-order valence-electron chi connectivity index (χ2n) is 3.50. The molecule has 0 spiro atoms. The van der Waals surface area contributed by atoms with E-state index >= 15 is 0 Å². The van der Waals surface area contributed by atoms with Gasteiger partial charge in [0.15, 0.2) is 0 Å². The highest BCUT2D eigenvalue weighted by molar-refractivity contribution is 7.09. The molecule has 4 heteroatoms. The third-order valence-corrected chi connectivity index (χ3v) is 3.22. The van der Waals surface area contributed by atoms with Crippen molar-refractivity contribution >= 4 is 17.0 Å². The minimum absolute atomic E-state index is 0.642. The van der Waals surface area contributed by atoms with Crippen LogP contribution in [0, 0.1) is 6.92 Å². The van der Waals surface area contributed by atoms with E-state index in [1.54, 1.807) is 17.4 Å². The van der Waals surface area contributed by atoms with E-state index in [0.29, 0.717) is 18.2 Å². The van der Waals surface area contributed by atoms with E-state index in [4.69, 9.17) is 10.5 Å². The molecule has 0 saturated heterocycles. The predicted octanol–water partition coefficient (Wildman–Crippen LogP) is 2.66. The lowest BCUT2D eigenvalue weighted by Gasteiger charge is -2.06. The van der Waals surface area contributed by atoms with Gasteiger partial charge in [0, 0.05) is 17.4 Å². The first-order chi connectivity index (χ1) is 7.75. The van der Waals surface area contributed by atoms with Crippen LogP contribution in [-0.4, -0.2) is 11.6 Å². The Bertz CT molecular complexity index is 454. The van der Waals surface area contributed by atoms with Gasteiger partial charge < -0.3 is 10.5 Å². The van der Waals surface area contributed by atoms with Crippen LogP contribution >= 0.6 is 11.3 Å². The summed E-state index contributed by atoms with van der Waals surface area (Å²) in [7, 11) is 0. The highest BCUT2D eigenvalue weighted by Gasteiger charge is 2.00. The van der Waals surface area contributed by atoms with Gasteiger partial charge in [0.05, 0.1) is 18.0 Å². The summed E-state index contributed by atoms with van der Waals surface area (Å²) in [5.74, 6) is 0.642. The molecular formula is C12H14N2OS. The van der Waals surface area contributed by atoms with Gasteiger partial charge in [-0.1, -0.05) is 6.07 Å². The molecule has 0 radical (unpaired) electrons. The number of thiophene rings is 1. The molecule has 2 rings (SSSR count). The third kappa shape index (κ3) is 2.73. The average molecular weight is 234 g/mol. The molecule has 0 bridgehead atoms. The number of ether oxygens (including phenoxy) is 1. The van der Waals surface area contributed by atoms with Gasteiger partial charge >= 0.3 is 0 Å². The predicted molar refractivity (Wildman–Crippen MR) is 66.9 cm³/mol. The maximum Gasteiger partial charge on any atom is 0.213 e. The minimum Gasteiger partial charge on any atom is -0.477 e. The van der Waals surface area contributed by atoms with Crippen LogP contribution in [0.25, 0.3) is 0 Å². The van der Waals surface area contributed by atoms with E-state index in [2.05, 4.69) is 16.4 Å². The van der Waals surface area contributed by atoms with Crippen molar-refractivity contribution in [2.24, 2.45) is 0 Å². The van der Waals surface area contributed by atoms with E-state index in [1.807, 2.05) is 19.1 Å². The van der Waals surface area contributed by atoms with Crippen molar-refractivity contribution in [3.8, 4) is 5.88 Å². The van der Waals surface area contributed by atoms with Gasteiger partial charge in [0.1, 0.15) is 0 Å². The zero-order valence-electron chi connectivity index (χ0n) is 9.14. The lowest BCUT2D eigenvalue weighted by molar-refractivity contribution is 0.310. The largest absolute Gasteiger partial charge is 0.477 e. The number of anilines is 1. The molecule has 0 amide bonds. The van der Waals surface area contributed by atoms with Gasteiger partial charge in [-0.05, 0) is 24.4 Å². The molecule has 0 fully saturated rings. The maximum absolute atomic E-state index is 5.68. The highest BCUT2D eigenvalue weighted by Crippen LogP contribution is 2.14. The number of aryl methyl sites for hydroxylation is 1. The number of pyridine rings is 1. The van der Waals surface area contributed by atoms with Crippen molar-refractivity contribution in [2.45, 2.75) is 13.3 Å². The molecular weight excluding hydrogens is 220 g/mol. The van der Waals surface area contributed by atoms with Crippen LogP contribution in [0.2, 0.25) is 0 Å². The molecule has 0 saturated carbocycles. The zero-order chi connectivity index (χ0) is 11.4. The van der Waals surface area contributed by atoms with Crippen LogP contribution in [-0.2, 0) is 6.42 Å². The van der Waals surface area contributed by atoms with Crippen LogP contribution in [0.1, 0.15) is 10.6 Å². The van der Waals surface area contributed by atoms with Crippen LogP contribution in [0.5, 0.6) is 5.88 Å². The first-order valence-corrected chi connectivity index (χ1v) is 6.02. The summed E-state index contributed by atoms with van der Waals surface area (Å²) in [6, 6.07) is 7.78. The molecule has 0 aromatic carbocycles. The Morgan fingerprint density at radius 3 is 2.94 bits per heavy atom. The summed E-state index contributed by atoms with van der Waals surface area (Å²) in [5.41, 5.74) is 7.19. The van der Waals surface area contributed by atoms with Crippen LogP contribution < -0.4 is 10.5 Å². The monoisotopic (exact) mass is 234 g/mol. The standard InChI is InChI=1S/C12H14N2OS/c1-9-11(13)4-5-12(14-9)15-7-6-10-3-2-8-16-10/h2-5,8H,6-7,13H2,1H3. The van der Waals surface area contributed by atoms with E-state index in [0.717, 1.165) is 12.1 Å². The molecule has 84 valence electrons. The Kier molecular flexibility index (Phi) is 3.41. The first-order valence-electron chi connectivity index (χ1n) is 5.14. The summed E-state index contributed by atoms with van der Waals surface area (Å²) in [6.45, 7) is 2.53. The lowest BCUT2D eigenvalue weighted by atomic mass is 10.3. The summed E-state index contributed by atoms with van der Waals surface area (Å²) >= 11 is 1.74. The number of nitrogen functional groups attached to an aromatic ring is 1. The second kappa shape index (κ2) is 4.99. The van der Waals surface area contributed by atoms with E-state index < -0.39 is 0 Å². The summed E-state index contributed by atoms with van der Waals surface area (Å²) in [5, 5.41) is 2.07. The van der Waals surface area contributed by atoms with Crippen molar-refractivity contribution in [3.63, 3.8) is 0 Å². The molecule has 2 aromatic heterocycles. The fourth-order valence-electron chi connectivity index (χ4n) is 1.34. The Morgan fingerprint density at radius 1 is 1.38 bits per heavy atom. The van der Waals surface area contributed by atoms with Gasteiger partial charge in [-0.3, -0.25) is 0 Å². The van der Waals surface area contributed by atoms with Crippen molar-refractivity contribution in [2.75, 3.05) is 12.3 Å². The second-order valence-corrected chi connectivity index (χ2v) is 4.53. The molecule has 0 aliphatic heterocycles. The topological polar surface area (TPSA) is 48.1 Å². The Balaban J connectivity index is 1.87. The van der Waals surface area contributed by atoms with Gasteiger partial charge in [0.25, 0.3) is 0 Å². The smallest absolute Gasteiger partial charge is 0.213 e. The minimum atomic E-state index is 0.642. The van der Waals surface area contributed by atoms with Crippen molar-refractivity contribution in [1.82, 2.24) is 4.98 Å². The maximum atomic E-state index is 5.68. The molecule has 0 aliphatic carbocycles. The SMILES string of the molecule is Cc1nc(OCCc2cccs2)ccc1N. The molecule has 0 atom stereocenters. The van der Waals surface area contributed by atoms with Crippen molar-refractivity contribution in [3.05, 3.63) is 40.2 Å². The third-order valence-electron chi connectivity index (χ3n) is 2.28. The molecule has 2 N–H and O–H groups in total. The van der Waals surface area contributed by atoms with Gasteiger partial charge in [-0.2, -0.15) is 0 Å². The number of rotatable bonds is 4. The molecule has 0 aliphatic rings. The molecule has 2 aromatic rings. The fraction of sp³-hybridized carbons (Fsp3) is 0.250.